The molecule has 0 unspecified atom stereocenters. The highest BCUT2D eigenvalue weighted by molar-refractivity contribution is 5.68. The van der Waals surface area contributed by atoms with Gasteiger partial charge in [0.15, 0.2) is 0 Å². The Morgan fingerprint density at radius 2 is 1.48 bits per heavy atom. The van der Waals surface area contributed by atoms with Crippen LogP contribution in [-0.2, 0) is 4.74 Å². The van der Waals surface area contributed by atoms with Gasteiger partial charge in [-0.25, -0.2) is 13.6 Å². The van der Waals surface area contributed by atoms with E-state index in [4.69, 9.17) is 4.74 Å². The van der Waals surface area contributed by atoms with E-state index in [0.29, 0.717) is 13.1 Å². The Morgan fingerprint density at radius 3 is 1.90 bits per heavy atom. The second-order valence-electron chi connectivity index (χ2n) is 9.25. The molecular formula is C25H32F2N2O2. The van der Waals surface area contributed by atoms with E-state index in [9.17, 15) is 13.6 Å². The maximum Gasteiger partial charge on any atom is 0.410 e. The van der Waals surface area contributed by atoms with Gasteiger partial charge in [0.25, 0.3) is 0 Å². The summed E-state index contributed by atoms with van der Waals surface area (Å²) in [7, 11) is 0. The fourth-order valence-electron chi connectivity index (χ4n) is 4.19. The van der Waals surface area contributed by atoms with E-state index in [1.165, 1.54) is 24.3 Å². The number of halogens is 2. The molecule has 0 bridgehead atoms. The summed E-state index contributed by atoms with van der Waals surface area (Å²) in [4.78, 5) is 16.9. The van der Waals surface area contributed by atoms with E-state index in [-0.39, 0.29) is 35.9 Å². The molecule has 2 aromatic carbocycles. The van der Waals surface area contributed by atoms with Crippen LogP contribution >= 0.6 is 0 Å². The zero-order valence-electron chi connectivity index (χ0n) is 18.9. The number of rotatable bonds is 4. The van der Waals surface area contributed by atoms with Gasteiger partial charge >= 0.3 is 6.09 Å². The van der Waals surface area contributed by atoms with Crippen LogP contribution in [0.5, 0.6) is 0 Å². The van der Waals surface area contributed by atoms with E-state index in [1.807, 2.05) is 27.7 Å². The summed E-state index contributed by atoms with van der Waals surface area (Å²) in [6, 6.07) is 12.8. The maximum absolute atomic E-state index is 13.6. The van der Waals surface area contributed by atoms with Crippen molar-refractivity contribution >= 4 is 6.09 Å². The summed E-state index contributed by atoms with van der Waals surface area (Å²) >= 11 is 0. The van der Waals surface area contributed by atoms with E-state index >= 15 is 0 Å². The molecule has 4 nitrogen and oxygen atoms in total. The van der Waals surface area contributed by atoms with E-state index in [0.717, 1.165) is 17.5 Å². The Hall–Kier alpha value is -2.47. The standard InChI is InChI=1S/C25H32F2N2O2/c1-6-22-16-28(24(30)31-25(3,4)5)17(2)15-29(22)23(18-7-11-20(26)12-8-18)19-9-13-21(27)14-10-19/h7-14,17,22-23H,6,15-16H2,1-5H3/t17-,22+/m0/s1. The van der Waals surface area contributed by atoms with Gasteiger partial charge in [-0.2, -0.15) is 0 Å². The van der Waals surface area contributed by atoms with Crippen molar-refractivity contribution in [3.05, 3.63) is 71.3 Å². The Bertz CT molecular complexity index is 832. The SMILES string of the molecule is CC[C@@H]1CN(C(=O)OC(C)(C)C)[C@@H](C)CN1C(c1ccc(F)cc1)c1ccc(F)cc1. The summed E-state index contributed by atoms with van der Waals surface area (Å²) in [5.74, 6) is -0.589. The smallest absolute Gasteiger partial charge is 0.410 e. The predicted octanol–water partition coefficient (Wildman–Crippen LogP) is 5.77. The molecule has 1 aliphatic heterocycles. The molecule has 0 aliphatic carbocycles. The van der Waals surface area contributed by atoms with E-state index in [2.05, 4.69) is 11.8 Å². The number of hydrogen-bond acceptors (Lipinski definition) is 3. The van der Waals surface area contributed by atoms with Crippen LogP contribution in [0.2, 0.25) is 0 Å². The van der Waals surface area contributed by atoms with Gasteiger partial charge in [-0.05, 0) is 69.5 Å². The molecule has 0 aromatic heterocycles. The van der Waals surface area contributed by atoms with Crippen molar-refractivity contribution < 1.29 is 18.3 Å². The monoisotopic (exact) mass is 430 g/mol. The van der Waals surface area contributed by atoms with E-state index < -0.39 is 5.60 Å². The minimum absolute atomic E-state index is 0.0685. The molecule has 31 heavy (non-hydrogen) atoms. The first-order valence-electron chi connectivity index (χ1n) is 10.9. The summed E-state index contributed by atoms with van der Waals surface area (Å²) in [6.07, 6.45) is 0.517. The zero-order chi connectivity index (χ0) is 22.8. The minimum Gasteiger partial charge on any atom is -0.444 e. The van der Waals surface area contributed by atoms with Crippen molar-refractivity contribution in [1.82, 2.24) is 9.80 Å². The first-order valence-corrected chi connectivity index (χ1v) is 10.9. The molecule has 6 heteroatoms. The molecule has 1 heterocycles. The summed E-state index contributed by atoms with van der Waals surface area (Å²) in [5.41, 5.74) is 1.31. The number of amides is 1. The molecule has 3 rings (SSSR count). The highest BCUT2D eigenvalue weighted by atomic mass is 19.1. The Labute approximate surface area is 183 Å². The minimum atomic E-state index is -0.555. The number of carbonyl (C=O) groups excluding carboxylic acids is 1. The lowest BCUT2D eigenvalue weighted by Gasteiger charge is -2.48. The van der Waals surface area contributed by atoms with Crippen LogP contribution < -0.4 is 0 Å². The lowest BCUT2D eigenvalue weighted by Crippen LogP contribution is -2.60. The second kappa shape index (κ2) is 9.35. The van der Waals surface area contributed by atoms with Crippen LogP contribution in [0.4, 0.5) is 13.6 Å². The summed E-state index contributed by atoms with van der Waals surface area (Å²) in [6.45, 7) is 10.8. The average Bonchev–Trinajstić information content (AvgIpc) is 2.70. The number of hydrogen-bond donors (Lipinski definition) is 0. The molecule has 0 radical (unpaired) electrons. The summed E-state index contributed by atoms with van der Waals surface area (Å²) < 4.78 is 32.8. The number of benzene rings is 2. The first kappa shape index (κ1) is 23.2. The number of ether oxygens (including phenoxy) is 1. The molecule has 168 valence electrons. The molecule has 0 N–H and O–H groups in total. The molecular weight excluding hydrogens is 398 g/mol. The Kier molecular flexibility index (Phi) is 6.99. The van der Waals surface area contributed by atoms with Crippen molar-refractivity contribution in [3.8, 4) is 0 Å². The average molecular weight is 431 g/mol. The predicted molar refractivity (Wildman–Crippen MR) is 118 cm³/mol. The highest BCUT2D eigenvalue weighted by Crippen LogP contribution is 2.34. The van der Waals surface area contributed by atoms with Gasteiger partial charge in [0.2, 0.25) is 0 Å². The number of piperazine rings is 1. The molecule has 1 fully saturated rings. The van der Waals surface area contributed by atoms with Gasteiger partial charge in [0.05, 0.1) is 6.04 Å². The van der Waals surface area contributed by atoms with Gasteiger partial charge < -0.3 is 9.64 Å². The third kappa shape index (κ3) is 5.62. The van der Waals surface area contributed by atoms with Crippen molar-refractivity contribution in [2.24, 2.45) is 0 Å². The van der Waals surface area contributed by atoms with Gasteiger partial charge in [-0.1, -0.05) is 31.2 Å². The quantitative estimate of drug-likeness (QED) is 0.617. The van der Waals surface area contributed by atoms with Gasteiger partial charge in [0, 0.05) is 25.2 Å². The van der Waals surface area contributed by atoms with Crippen LogP contribution in [0.1, 0.15) is 58.2 Å². The fraction of sp³-hybridized carbons (Fsp3) is 0.480. The normalized spacial score (nSPS) is 20.2. The molecule has 1 aliphatic rings. The van der Waals surface area contributed by atoms with Crippen molar-refractivity contribution in [2.75, 3.05) is 13.1 Å². The van der Waals surface area contributed by atoms with Gasteiger partial charge in [-0.15, -0.1) is 0 Å². The number of nitrogens with zero attached hydrogens (tertiary/aromatic N) is 2. The van der Waals surface area contributed by atoms with Crippen LogP contribution in [0, 0.1) is 11.6 Å². The van der Waals surface area contributed by atoms with Gasteiger partial charge in [0.1, 0.15) is 17.2 Å². The molecule has 1 amide bonds. The van der Waals surface area contributed by atoms with E-state index in [1.54, 1.807) is 29.2 Å². The van der Waals surface area contributed by atoms with Crippen LogP contribution in [-0.4, -0.2) is 46.7 Å². The first-order chi connectivity index (χ1) is 14.6. The van der Waals surface area contributed by atoms with Crippen molar-refractivity contribution in [1.29, 1.82) is 0 Å². The van der Waals surface area contributed by atoms with Crippen molar-refractivity contribution in [3.63, 3.8) is 0 Å². The fourth-order valence-corrected chi connectivity index (χ4v) is 4.19. The largest absolute Gasteiger partial charge is 0.444 e. The van der Waals surface area contributed by atoms with Crippen LogP contribution in [0.3, 0.4) is 0 Å². The molecule has 2 atom stereocenters. The zero-order valence-corrected chi connectivity index (χ0v) is 18.9. The summed E-state index contributed by atoms with van der Waals surface area (Å²) in [5, 5.41) is 0. The van der Waals surface area contributed by atoms with Crippen LogP contribution in [0.25, 0.3) is 0 Å². The lowest BCUT2D eigenvalue weighted by atomic mass is 9.92. The van der Waals surface area contributed by atoms with Gasteiger partial charge in [-0.3, -0.25) is 4.90 Å². The number of carbonyl (C=O) groups is 1. The Balaban J connectivity index is 1.94. The maximum atomic E-state index is 13.6. The molecule has 0 saturated carbocycles. The topological polar surface area (TPSA) is 32.8 Å². The van der Waals surface area contributed by atoms with Crippen LogP contribution in [0.15, 0.2) is 48.5 Å². The molecule has 1 saturated heterocycles. The second-order valence-corrected chi connectivity index (χ2v) is 9.25. The third-order valence-electron chi connectivity index (χ3n) is 5.69. The lowest BCUT2D eigenvalue weighted by molar-refractivity contribution is -0.0201. The van der Waals surface area contributed by atoms with Crippen molar-refractivity contribution in [2.45, 2.75) is 64.8 Å². The molecule has 2 aromatic rings. The third-order valence-corrected chi connectivity index (χ3v) is 5.69. The Morgan fingerprint density at radius 1 is 1.00 bits per heavy atom. The molecule has 0 spiro atoms. The highest BCUT2D eigenvalue weighted by Gasteiger charge is 2.39.